The minimum atomic E-state index is -5.01. The van der Waals surface area contributed by atoms with Crippen LogP contribution < -0.4 is 0 Å². The molecule has 0 heterocycles. The van der Waals surface area contributed by atoms with Gasteiger partial charge >= 0.3 is 13.8 Å². The topological polar surface area (TPSA) is 192 Å². The second kappa shape index (κ2) is 37.9. The molecule has 0 aromatic carbocycles. The van der Waals surface area contributed by atoms with Gasteiger partial charge in [0.05, 0.1) is 13.2 Å². The number of hydrogen-bond donors (Lipinski definition) is 6. The minimum absolute atomic E-state index is 0.0678. The minimum Gasteiger partial charge on any atom is -0.457 e. The standard InChI is InChI=1S/C46H91O12P/c1-3-5-7-9-11-13-15-17-19-20-21-22-23-25-27-29-31-33-35-40(47)57-39(37-55-36-34-32-30-28-26-24-18-16-14-12-10-8-6-4-2)38-56-59(53,54)58-46-44(51)42(49)41(48)43(50)45(46)52/h39,41-46,48-52H,3-38H2,1-2H3,(H,53,54)/t39-,41?,42-,43?,44?,45?,46?/m1/s1. The van der Waals surface area contributed by atoms with Gasteiger partial charge in [-0.25, -0.2) is 4.57 Å². The number of phosphoric ester groups is 1. The summed E-state index contributed by atoms with van der Waals surface area (Å²) in [6.45, 7) is 4.30. The molecule has 1 saturated carbocycles. The van der Waals surface area contributed by atoms with Crippen LogP contribution in [0.15, 0.2) is 0 Å². The van der Waals surface area contributed by atoms with Crippen LogP contribution in [-0.4, -0.2) is 98.9 Å². The number of hydrogen-bond acceptors (Lipinski definition) is 11. The molecule has 1 aliphatic carbocycles. The van der Waals surface area contributed by atoms with E-state index in [9.17, 15) is 39.8 Å². The van der Waals surface area contributed by atoms with Gasteiger partial charge in [0.2, 0.25) is 0 Å². The van der Waals surface area contributed by atoms with Crippen LogP contribution in [0.4, 0.5) is 0 Å². The van der Waals surface area contributed by atoms with Crippen LogP contribution in [0, 0.1) is 0 Å². The highest BCUT2D eigenvalue weighted by Crippen LogP contribution is 2.47. The van der Waals surface area contributed by atoms with Gasteiger partial charge in [-0.2, -0.15) is 0 Å². The van der Waals surface area contributed by atoms with Crippen molar-refractivity contribution in [2.75, 3.05) is 19.8 Å². The highest BCUT2D eigenvalue weighted by Gasteiger charge is 2.51. The molecule has 0 bridgehead atoms. The van der Waals surface area contributed by atoms with Crippen molar-refractivity contribution in [2.45, 2.75) is 268 Å². The molecule has 12 nitrogen and oxygen atoms in total. The van der Waals surface area contributed by atoms with E-state index in [0.717, 1.165) is 38.5 Å². The fourth-order valence-corrected chi connectivity index (χ4v) is 8.80. The largest absolute Gasteiger partial charge is 0.472 e. The molecule has 0 spiro atoms. The summed E-state index contributed by atoms with van der Waals surface area (Å²) >= 11 is 0. The number of esters is 1. The van der Waals surface area contributed by atoms with Crippen molar-refractivity contribution in [1.29, 1.82) is 0 Å². The Balaban J connectivity index is 2.35. The van der Waals surface area contributed by atoms with Crippen LogP contribution >= 0.6 is 7.82 Å². The number of unbranched alkanes of at least 4 members (excludes halogenated alkanes) is 30. The summed E-state index contributed by atoms with van der Waals surface area (Å²) in [5.74, 6) is -0.470. The maximum atomic E-state index is 12.8. The van der Waals surface area contributed by atoms with Gasteiger partial charge in [-0.3, -0.25) is 13.8 Å². The van der Waals surface area contributed by atoms with Gasteiger partial charge < -0.3 is 39.9 Å². The number of aliphatic hydroxyl groups is 5. The average Bonchev–Trinajstić information content (AvgIpc) is 3.22. The van der Waals surface area contributed by atoms with Crippen molar-refractivity contribution < 1.29 is 58.3 Å². The molecule has 0 aromatic heterocycles. The first-order valence-electron chi connectivity index (χ1n) is 24.4. The van der Waals surface area contributed by atoms with Crippen LogP contribution in [0.5, 0.6) is 0 Å². The Bertz CT molecular complexity index is 989. The highest BCUT2D eigenvalue weighted by atomic mass is 31.2. The number of ether oxygens (including phenoxy) is 2. The van der Waals surface area contributed by atoms with Gasteiger partial charge in [0, 0.05) is 13.0 Å². The number of aliphatic hydroxyl groups excluding tert-OH is 5. The van der Waals surface area contributed by atoms with Crippen LogP contribution in [0.1, 0.15) is 226 Å². The maximum Gasteiger partial charge on any atom is 0.472 e. The second-order valence-corrected chi connectivity index (χ2v) is 18.7. The SMILES string of the molecule is CCCCCCCCCCCCCCCCCCCCC(=O)O[C@H](COCCCCCCCCCCCCCCCC)COP(=O)(O)OC1C(O)C(O)C(O)[C@@H](O)C1O. The lowest BCUT2D eigenvalue weighted by atomic mass is 9.85. The fourth-order valence-electron chi connectivity index (χ4n) is 7.83. The molecule has 59 heavy (non-hydrogen) atoms. The predicted octanol–water partition coefficient (Wildman–Crippen LogP) is 10.1. The third-order valence-electron chi connectivity index (χ3n) is 11.7. The molecule has 6 N–H and O–H groups in total. The summed E-state index contributed by atoms with van der Waals surface area (Å²) in [6.07, 6.45) is 27.4. The Morgan fingerprint density at radius 3 is 1.17 bits per heavy atom. The summed E-state index contributed by atoms with van der Waals surface area (Å²) < 4.78 is 34.2. The first-order chi connectivity index (χ1) is 28.5. The Labute approximate surface area is 359 Å². The molecular weight excluding hydrogens is 775 g/mol. The molecule has 0 amide bonds. The van der Waals surface area contributed by atoms with Gasteiger partial charge in [-0.1, -0.05) is 206 Å². The van der Waals surface area contributed by atoms with E-state index in [2.05, 4.69) is 13.8 Å². The third-order valence-corrected chi connectivity index (χ3v) is 12.7. The zero-order valence-corrected chi connectivity index (χ0v) is 38.5. The number of carbonyl (C=O) groups excluding carboxylic acids is 1. The molecule has 1 rings (SSSR count). The van der Waals surface area contributed by atoms with Crippen LogP contribution in [0.2, 0.25) is 0 Å². The monoisotopic (exact) mass is 867 g/mol. The van der Waals surface area contributed by atoms with E-state index in [-0.39, 0.29) is 13.0 Å². The number of rotatable bonds is 42. The third kappa shape index (κ3) is 30.1. The first-order valence-corrected chi connectivity index (χ1v) is 25.9. The normalized spacial score (nSPS) is 22.4. The average molecular weight is 867 g/mol. The summed E-state index contributed by atoms with van der Waals surface area (Å²) in [7, 11) is -5.01. The Kier molecular flexibility index (Phi) is 36.2. The quantitative estimate of drug-likeness (QED) is 0.0194. The lowest BCUT2D eigenvalue weighted by Gasteiger charge is -2.41. The van der Waals surface area contributed by atoms with Crippen LogP contribution in [0.3, 0.4) is 0 Å². The van der Waals surface area contributed by atoms with E-state index >= 15 is 0 Å². The molecule has 13 heteroatoms. The molecule has 1 aliphatic rings. The zero-order chi connectivity index (χ0) is 43.4. The van der Waals surface area contributed by atoms with Crippen molar-refractivity contribution in [1.82, 2.24) is 0 Å². The molecule has 8 atom stereocenters. The highest BCUT2D eigenvalue weighted by molar-refractivity contribution is 7.47. The zero-order valence-electron chi connectivity index (χ0n) is 37.6. The van der Waals surface area contributed by atoms with Gasteiger partial charge in [0.25, 0.3) is 0 Å². The Hall–Kier alpha value is -0.660. The van der Waals surface area contributed by atoms with Crippen molar-refractivity contribution in [3.63, 3.8) is 0 Å². The lowest BCUT2D eigenvalue weighted by molar-refractivity contribution is -0.220. The molecule has 1 fully saturated rings. The molecule has 6 unspecified atom stereocenters. The van der Waals surface area contributed by atoms with Gasteiger partial charge in [-0.05, 0) is 12.8 Å². The van der Waals surface area contributed by atoms with E-state index in [1.807, 2.05) is 0 Å². The maximum absolute atomic E-state index is 12.8. The fraction of sp³-hybridized carbons (Fsp3) is 0.978. The molecular formula is C46H91O12P. The van der Waals surface area contributed by atoms with Gasteiger partial charge in [-0.15, -0.1) is 0 Å². The molecule has 0 aliphatic heterocycles. The van der Waals surface area contributed by atoms with Crippen LogP contribution in [0.25, 0.3) is 0 Å². The molecule has 0 radical (unpaired) electrons. The summed E-state index contributed by atoms with van der Waals surface area (Å²) in [4.78, 5) is 23.2. The summed E-state index contributed by atoms with van der Waals surface area (Å²) in [5, 5.41) is 50.2. The molecule has 0 aromatic rings. The Morgan fingerprint density at radius 2 is 0.797 bits per heavy atom. The van der Waals surface area contributed by atoms with E-state index in [0.29, 0.717) is 13.0 Å². The first kappa shape index (κ1) is 56.4. The predicted molar refractivity (Wildman–Crippen MR) is 235 cm³/mol. The van der Waals surface area contributed by atoms with Crippen LogP contribution in [-0.2, 0) is 27.9 Å². The smallest absolute Gasteiger partial charge is 0.457 e. The van der Waals surface area contributed by atoms with Crippen molar-refractivity contribution in [3.8, 4) is 0 Å². The number of carbonyl (C=O) groups is 1. The van der Waals surface area contributed by atoms with Crippen molar-refractivity contribution >= 4 is 13.8 Å². The van der Waals surface area contributed by atoms with Gasteiger partial charge in [0.15, 0.2) is 0 Å². The lowest BCUT2D eigenvalue weighted by Crippen LogP contribution is -2.64. The number of phosphoric acid groups is 1. The van der Waals surface area contributed by atoms with Crippen molar-refractivity contribution in [2.24, 2.45) is 0 Å². The molecule has 0 saturated heterocycles. The second-order valence-electron chi connectivity index (χ2n) is 17.3. The summed E-state index contributed by atoms with van der Waals surface area (Å²) in [5.41, 5.74) is 0. The van der Waals surface area contributed by atoms with E-state index in [1.54, 1.807) is 0 Å². The van der Waals surface area contributed by atoms with E-state index < -0.39 is 63.1 Å². The van der Waals surface area contributed by atoms with E-state index in [1.165, 1.54) is 161 Å². The van der Waals surface area contributed by atoms with E-state index in [4.69, 9.17) is 18.5 Å². The molecule has 352 valence electrons. The van der Waals surface area contributed by atoms with Gasteiger partial charge in [0.1, 0.15) is 42.7 Å². The van der Waals surface area contributed by atoms with Crippen molar-refractivity contribution in [3.05, 3.63) is 0 Å². The summed E-state index contributed by atoms with van der Waals surface area (Å²) in [6, 6.07) is 0. The Morgan fingerprint density at radius 1 is 0.475 bits per heavy atom.